The Bertz CT molecular complexity index is 614. The van der Waals surface area contributed by atoms with E-state index in [1.54, 1.807) is 0 Å². The molecule has 4 heteroatoms. The molecule has 2 fully saturated rings. The average molecular weight is 360 g/mol. The third-order valence-electron chi connectivity index (χ3n) is 5.60. The van der Waals surface area contributed by atoms with Gasteiger partial charge in [-0.3, -0.25) is 0 Å². The van der Waals surface area contributed by atoms with Gasteiger partial charge in [0, 0.05) is 13.0 Å². The molecule has 1 aromatic carbocycles. The largest absolute Gasteiger partial charge is 0.316 e. The number of likely N-dealkylation sites (tertiary alicyclic amines) is 1. The zero-order chi connectivity index (χ0) is 17.6. The van der Waals surface area contributed by atoms with Crippen molar-refractivity contribution >= 4 is 21.6 Å². The SMILES string of the molecule is CC1CCCNC1.CC1CN(C)CCC1Cc1nc2ccccc2s1. The summed E-state index contributed by atoms with van der Waals surface area (Å²) in [6.45, 7) is 9.62. The number of nitrogens with one attached hydrogen (secondary N) is 1. The van der Waals surface area contributed by atoms with Gasteiger partial charge in [-0.05, 0) is 75.8 Å². The van der Waals surface area contributed by atoms with Crippen molar-refractivity contribution in [3.63, 3.8) is 0 Å². The van der Waals surface area contributed by atoms with Gasteiger partial charge in [-0.2, -0.15) is 0 Å². The fraction of sp³-hybridized carbons (Fsp3) is 0.667. The van der Waals surface area contributed by atoms with Crippen LogP contribution >= 0.6 is 11.3 Å². The summed E-state index contributed by atoms with van der Waals surface area (Å²) in [6.07, 6.45) is 5.27. The highest BCUT2D eigenvalue weighted by Gasteiger charge is 2.25. The lowest BCUT2D eigenvalue weighted by Gasteiger charge is -2.34. The van der Waals surface area contributed by atoms with Crippen molar-refractivity contribution in [2.75, 3.05) is 33.2 Å². The summed E-state index contributed by atoms with van der Waals surface area (Å²) < 4.78 is 1.33. The van der Waals surface area contributed by atoms with E-state index in [-0.39, 0.29) is 0 Å². The molecule has 138 valence electrons. The Morgan fingerprint density at radius 3 is 2.72 bits per heavy atom. The van der Waals surface area contributed by atoms with Gasteiger partial charge in [0.15, 0.2) is 0 Å². The molecule has 3 unspecified atom stereocenters. The molecule has 3 atom stereocenters. The summed E-state index contributed by atoms with van der Waals surface area (Å²) in [5.74, 6) is 2.52. The van der Waals surface area contributed by atoms with E-state index in [9.17, 15) is 0 Å². The average Bonchev–Trinajstić information content (AvgIpc) is 3.01. The van der Waals surface area contributed by atoms with Crippen LogP contribution in [0.5, 0.6) is 0 Å². The van der Waals surface area contributed by atoms with Crippen LogP contribution in [0.25, 0.3) is 10.2 Å². The third kappa shape index (κ3) is 5.50. The van der Waals surface area contributed by atoms with Crippen LogP contribution < -0.4 is 5.32 Å². The van der Waals surface area contributed by atoms with Gasteiger partial charge in [0.05, 0.1) is 15.2 Å². The molecule has 3 nitrogen and oxygen atoms in total. The van der Waals surface area contributed by atoms with Crippen molar-refractivity contribution in [3.8, 4) is 0 Å². The number of benzene rings is 1. The van der Waals surface area contributed by atoms with E-state index < -0.39 is 0 Å². The highest BCUT2D eigenvalue weighted by Crippen LogP contribution is 2.29. The van der Waals surface area contributed by atoms with Crippen LogP contribution in [0.2, 0.25) is 0 Å². The molecule has 0 bridgehead atoms. The van der Waals surface area contributed by atoms with E-state index in [0.29, 0.717) is 0 Å². The highest BCUT2D eigenvalue weighted by atomic mass is 32.1. The molecule has 1 aromatic heterocycles. The summed E-state index contributed by atoms with van der Waals surface area (Å²) >= 11 is 1.87. The van der Waals surface area contributed by atoms with E-state index >= 15 is 0 Å². The second kappa shape index (κ2) is 9.11. The quantitative estimate of drug-likeness (QED) is 0.859. The Morgan fingerprint density at radius 1 is 1.24 bits per heavy atom. The number of thiazole rings is 1. The minimum atomic E-state index is 0.788. The molecule has 3 heterocycles. The van der Waals surface area contributed by atoms with Crippen LogP contribution in [0.4, 0.5) is 0 Å². The Hall–Kier alpha value is -0.970. The first-order chi connectivity index (χ1) is 12.1. The Labute approximate surface area is 156 Å². The standard InChI is InChI=1S/C15H20N2S.C6H13N/c1-11-10-17(2)8-7-12(11)9-15-16-13-5-3-4-6-14(13)18-15;1-6-3-2-4-7-5-6/h3-6,11-12H,7-10H2,1-2H3;6-7H,2-5H2,1H3. The van der Waals surface area contributed by atoms with Crippen molar-refractivity contribution in [2.24, 2.45) is 17.8 Å². The van der Waals surface area contributed by atoms with Crippen molar-refractivity contribution in [1.82, 2.24) is 15.2 Å². The topological polar surface area (TPSA) is 28.2 Å². The first-order valence-electron chi connectivity index (χ1n) is 9.85. The van der Waals surface area contributed by atoms with Gasteiger partial charge in [0.1, 0.15) is 0 Å². The molecule has 2 saturated heterocycles. The van der Waals surface area contributed by atoms with Gasteiger partial charge in [0.25, 0.3) is 0 Å². The van der Waals surface area contributed by atoms with Crippen molar-refractivity contribution in [2.45, 2.75) is 39.5 Å². The highest BCUT2D eigenvalue weighted by molar-refractivity contribution is 7.18. The van der Waals surface area contributed by atoms with Crippen molar-refractivity contribution in [3.05, 3.63) is 29.3 Å². The van der Waals surface area contributed by atoms with Crippen LogP contribution in [0.15, 0.2) is 24.3 Å². The van der Waals surface area contributed by atoms with Crippen molar-refractivity contribution < 1.29 is 0 Å². The Balaban J connectivity index is 0.000000219. The molecule has 4 rings (SSSR count). The van der Waals surface area contributed by atoms with Crippen LogP contribution in [0, 0.1) is 17.8 Å². The zero-order valence-corrected chi connectivity index (χ0v) is 16.8. The normalized spacial score (nSPS) is 27.7. The zero-order valence-electron chi connectivity index (χ0n) is 16.0. The maximum Gasteiger partial charge on any atom is 0.0941 e. The van der Waals surface area contributed by atoms with Gasteiger partial charge < -0.3 is 10.2 Å². The Kier molecular flexibility index (Phi) is 6.85. The lowest BCUT2D eigenvalue weighted by molar-refractivity contribution is 0.154. The molecule has 2 aromatic rings. The number of aromatic nitrogens is 1. The first-order valence-corrected chi connectivity index (χ1v) is 10.7. The maximum absolute atomic E-state index is 4.77. The number of nitrogens with zero attached hydrogens (tertiary/aromatic N) is 2. The van der Waals surface area contributed by atoms with E-state index in [2.05, 4.69) is 55.4 Å². The van der Waals surface area contributed by atoms with E-state index in [1.165, 1.54) is 55.1 Å². The molecule has 0 amide bonds. The number of fused-ring (bicyclic) bond motifs is 1. The summed E-state index contributed by atoms with van der Waals surface area (Å²) in [7, 11) is 2.23. The monoisotopic (exact) mass is 359 g/mol. The van der Waals surface area contributed by atoms with Crippen LogP contribution in [-0.2, 0) is 6.42 Å². The molecule has 1 N–H and O–H groups in total. The first kappa shape index (κ1) is 18.8. The third-order valence-corrected chi connectivity index (χ3v) is 6.66. The number of piperidine rings is 2. The lowest BCUT2D eigenvalue weighted by atomic mass is 9.85. The number of hydrogen-bond donors (Lipinski definition) is 1. The van der Waals surface area contributed by atoms with Gasteiger partial charge >= 0.3 is 0 Å². The number of rotatable bonds is 2. The van der Waals surface area contributed by atoms with Crippen LogP contribution in [-0.4, -0.2) is 43.1 Å². The molecule has 0 saturated carbocycles. The molecule has 2 aliphatic rings. The van der Waals surface area contributed by atoms with Crippen molar-refractivity contribution in [1.29, 1.82) is 0 Å². The second-order valence-corrected chi connectivity index (χ2v) is 9.13. The summed E-state index contributed by atoms with van der Waals surface area (Å²) in [6, 6.07) is 8.47. The summed E-state index contributed by atoms with van der Waals surface area (Å²) in [5.41, 5.74) is 1.16. The van der Waals surface area contributed by atoms with Crippen LogP contribution in [0.1, 0.15) is 38.1 Å². The van der Waals surface area contributed by atoms with E-state index in [4.69, 9.17) is 4.98 Å². The van der Waals surface area contributed by atoms with E-state index in [0.717, 1.165) is 29.7 Å². The minimum absolute atomic E-state index is 0.788. The number of hydrogen-bond acceptors (Lipinski definition) is 4. The summed E-state index contributed by atoms with van der Waals surface area (Å²) in [4.78, 5) is 7.21. The fourth-order valence-electron chi connectivity index (χ4n) is 3.96. The molecule has 0 radical (unpaired) electrons. The molecule has 25 heavy (non-hydrogen) atoms. The predicted octanol–water partition coefficient (Wildman–Crippen LogP) is 4.43. The molecule has 2 aliphatic heterocycles. The Morgan fingerprint density at radius 2 is 2.08 bits per heavy atom. The van der Waals surface area contributed by atoms with Gasteiger partial charge in [-0.15, -0.1) is 11.3 Å². The van der Waals surface area contributed by atoms with E-state index in [1.807, 2.05) is 11.3 Å². The van der Waals surface area contributed by atoms with Gasteiger partial charge in [-0.1, -0.05) is 26.0 Å². The second-order valence-electron chi connectivity index (χ2n) is 8.02. The molecule has 0 spiro atoms. The smallest absolute Gasteiger partial charge is 0.0941 e. The van der Waals surface area contributed by atoms with Gasteiger partial charge in [-0.25, -0.2) is 4.98 Å². The van der Waals surface area contributed by atoms with Gasteiger partial charge in [0.2, 0.25) is 0 Å². The fourth-order valence-corrected chi connectivity index (χ4v) is 5.02. The maximum atomic E-state index is 4.77. The summed E-state index contributed by atoms with van der Waals surface area (Å²) in [5, 5.41) is 4.65. The lowest BCUT2D eigenvalue weighted by Crippen LogP contribution is -2.37. The predicted molar refractivity (Wildman–Crippen MR) is 109 cm³/mol. The molecular weight excluding hydrogens is 326 g/mol. The molecular formula is C21H33N3S. The molecule has 0 aliphatic carbocycles. The van der Waals surface area contributed by atoms with Crippen LogP contribution in [0.3, 0.4) is 0 Å². The minimum Gasteiger partial charge on any atom is -0.316 e. The number of para-hydroxylation sites is 1.